The minimum absolute atomic E-state index is 0.0423. The first-order valence-corrected chi connectivity index (χ1v) is 10.6. The van der Waals surface area contributed by atoms with E-state index in [1.54, 1.807) is 20.8 Å². The fraction of sp³-hybridized carbons (Fsp3) is 0.269. The lowest BCUT2D eigenvalue weighted by Gasteiger charge is -2.21. The molecule has 1 aliphatic heterocycles. The molecule has 2 heterocycles. The Bertz CT molecular complexity index is 1190. The van der Waals surface area contributed by atoms with Gasteiger partial charge in [-0.05, 0) is 50.5 Å². The van der Waals surface area contributed by atoms with Gasteiger partial charge >= 0.3 is 5.97 Å². The highest BCUT2D eigenvalue weighted by molar-refractivity contribution is 6.03. The first kappa shape index (κ1) is 21.6. The minimum atomic E-state index is -0.663. The Morgan fingerprint density at radius 1 is 1.09 bits per heavy atom. The Kier molecular flexibility index (Phi) is 5.70. The van der Waals surface area contributed by atoms with Gasteiger partial charge in [0, 0.05) is 5.56 Å². The summed E-state index contributed by atoms with van der Waals surface area (Å²) in [5.74, 6) is -0.220. The van der Waals surface area contributed by atoms with Crippen LogP contribution in [-0.2, 0) is 9.53 Å². The van der Waals surface area contributed by atoms with Gasteiger partial charge in [-0.15, -0.1) is 0 Å². The molecule has 1 N–H and O–H groups in total. The number of nitrogens with one attached hydrogen (secondary N) is 1. The Morgan fingerprint density at radius 2 is 1.81 bits per heavy atom. The van der Waals surface area contributed by atoms with E-state index in [2.05, 4.69) is 10.5 Å². The van der Waals surface area contributed by atoms with Gasteiger partial charge in [-0.3, -0.25) is 9.59 Å². The highest BCUT2D eigenvalue weighted by atomic mass is 16.6. The van der Waals surface area contributed by atoms with Gasteiger partial charge in [0.25, 0.3) is 5.91 Å². The third-order valence-corrected chi connectivity index (χ3v) is 5.13. The van der Waals surface area contributed by atoms with Gasteiger partial charge < -0.3 is 14.6 Å². The Hall–Kier alpha value is -3.67. The normalized spacial score (nSPS) is 15.6. The molecule has 4 rings (SSSR count). The van der Waals surface area contributed by atoms with Crippen molar-refractivity contribution in [2.75, 3.05) is 0 Å². The zero-order valence-electron chi connectivity index (χ0n) is 18.6. The number of carbonyl (C=O) groups is 2. The summed E-state index contributed by atoms with van der Waals surface area (Å²) in [5.41, 5.74) is 4.00. The summed E-state index contributed by atoms with van der Waals surface area (Å²) in [6.07, 6.45) is 3.92. The lowest BCUT2D eigenvalue weighted by atomic mass is 9.95. The highest BCUT2D eigenvalue weighted by Crippen LogP contribution is 2.38. The zero-order valence-corrected chi connectivity index (χ0v) is 18.6. The van der Waals surface area contributed by atoms with Gasteiger partial charge in [0.05, 0.1) is 17.7 Å². The van der Waals surface area contributed by atoms with Crippen LogP contribution in [0.4, 0.5) is 0 Å². The van der Waals surface area contributed by atoms with E-state index in [9.17, 15) is 9.59 Å². The molecular formula is C26H26N2O4. The topological polar surface area (TPSA) is 81.4 Å². The zero-order chi connectivity index (χ0) is 22.9. The van der Waals surface area contributed by atoms with Gasteiger partial charge in [-0.25, -0.2) is 0 Å². The van der Waals surface area contributed by atoms with Gasteiger partial charge in [0.15, 0.2) is 5.76 Å². The Labute approximate surface area is 187 Å². The van der Waals surface area contributed by atoms with Crippen LogP contribution in [0.25, 0.3) is 23.3 Å². The van der Waals surface area contributed by atoms with E-state index >= 15 is 0 Å². The number of rotatable bonds is 4. The average Bonchev–Trinajstić information content (AvgIpc) is 3.07. The van der Waals surface area contributed by atoms with Crippen molar-refractivity contribution in [1.29, 1.82) is 0 Å². The molecule has 0 radical (unpaired) electrons. The maximum absolute atomic E-state index is 13.1. The number of hydrogen-bond donors (Lipinski definition) is 1. The Morgan fingerprint density at radius 3 is 2.53 bits per heavy atom. The van der Waals surface area contributed by atoms with Crippen LogP contribution in [-0.4, -0.2) is 22.6 Å². The minimum Gasteiger partial charge on any atom is -0.460 e. The van der Waals surface area contributed by atoms with Gasteiger partial charge in [-0.1, -0.05) is 59.8 Å². The predicted molar refractivity (Wildman–Crippen MR) is 123 cm³/mol. The first-order valence-electron chi connectivity index (χ1n) is 10.6. The van der Waals surface area contributed by atoms with Crippen molar-refractivity contribution < 1.29 is 18.8 Å². The number of fused-ring (bicyclic) bond motifs is 3. The van der Waals surface area contributed by atoms with Crippen LogP contribution in [0.2, 0.25) is 0 Å². The molecule has 6 heteroatoms. The molecule has 0 saturated carbocycles. The SMILES string of the molecule is Cc1noc2c1-c1ccc(C=Cc3ccccc3)cc1C(=O)NC2CC(=O)OC(C)(C)C. The number of hydrogen-bond acceptors (Lipinski definition) is 5. The number of aryl methyl sites for hydroxylation is 1. The molecular weight excluding hydrogens is 404 g/mol. The second-order valence-corrected chi connectivity index (χ2v) is 8.87. The van der Waals surface area contributed by atoms with Crippen molar-refractivity contribution in [3.05, 3.63) is 76.7 Å². The van der Waals surface area contributed by atoms with Crippen molar-refractivity contribution in [1.82, 2.24) is 10.5 Å². The average molecular weight is 431 g/mol. The number of amides is 1. The monoisotopic (exact) mass is 430 g/mol. The first-order chi connectivity index (χ1) is 15.2. The molecule has 0 bridgehead atoms. The fourth-order valence-electron chi connectivity index (χ4n) is 3.78. The lowest BCUT2D eigenvalue weighted by molar-refractivity contribution is -0.155. The quantitative estimate of drug-likeness (QED) is 0.446. The summed E-state index contributed by atoms with van der Waals surface area (Å²) in [5, 5.41) is 7.03. The van der Waals surface area contributed by atoms with E-state index in [1.807, 2.05) is 67.6 Å². The number of nitrogens with zero attached hydrogens (tertiary/aromatic N) is 1. The van der Waals surface area contributed by atoms with E-state index in [-0.39, 0.29) is 12.3 Å². The van der Waals surface area contributed by atoms with Crippen LogP contribution >= 0.6 is 0 Å². The van der Waals surface area contributed by atoms with E-state index in [0.717, 1.165) is 22.3 Å². The van der Waals surface area contributed by atoms with Crippen LogP contribution in [0, 0.1) is 6.92 Å². The predicted octanol–water partition coefficient (Wildman–Crippen LogP) is 5.34. The van der Waals surface area contributed by atoms with Crippen LogP contribution < -0.4 is 5.32 Å². The summed E-state index contributed by atoms with van der Waals surface area (Å²) in [6, 6.07) is 15.0. The number of benzene rings is 2. The molecule has 2 aromatic carbocycles. The summed E-state index contributed by atoms with van der Waals surface area (Å²) < 4.78 is 11.0. The van der Waals surface area contributed by atoms with Crippen molar-refractivity contribution in [2.24, 2.45) is 0 Å². The van der Waals surface area contributed by atoms with Crippen LogP contribution in [0.3, 0.4) is 0 Å². The Balaban J connectivity index is 1.68. The van der Waals surface area contributed by atoms with E-state index in [0.29, 0.717) is 17.0 Å². The summed E-state index contributed by atoms with van der Waals surface area (Å²) >= 11 is 0. The molecule has 32 heavy (non-hydrogen) atoms. The molecule has 1 atom stereocenters. The summed E-state index contributed by atoms with van der Waals surface area (Å²) in [6.45, 7) is 7.25. The van der Waals surface area contributed by atoms with E-state index in [1.165, 1.54) is 0 Å². The van der Waals surface area contributed by atoms with Crippen LogP contribution in [0.1, 0.15) is 66.2 Å². The van der Waals surface area contributed by atoms with Crippen LogP contribution in [0.5, 0.6) is 0 Å². The second-order valence-electron chi connectivity index (χ2n) is 8.87. The molecule has 0 fully saturated rings. The van der Waals surface area contributed by atoms with Gasteiger partial charge in [0.1, 0.15) is 11.6 Å². The molecule has 1 unspecified atom stereocenters. The standard InChI is InChI=1S/C26H26N2O4/c1-16-23-19-13-12-18(11-10-17-8-6-5-7-9-17)14-20(19)25(30)27-21(24(23)32-28-16)15-22(29)31-26(2,3)4/h5-14,21H,15H2,1-4H3,(H,27,30). The van der Waals surface area contributed by atoms with Gasteiger partial charge in [0.2, 0.25) is 0 Å². The molecule has 3 aromatic rings. The summed E-state index contributed by atoms with van der Waals surface area (Å²) in [4.78, 5) is 25.6. The van der Waals surface area contributed by atoms with E-state index < -0.39 is 17.6 Å². The van der Waals surface area contributed by atoms with Crippen molar-refractivity contribution in [3.63, 3.8) is 0 Å². The number of aromatic nitrogens is 1. The van der Waals surface area contributed by atoms with E-state index in [4.69, 9.17) is 9.26 Å². The second kappa shape index (κ2) is 8.46. The molecule has 1 amide bonds. The number of carbonyl (C=O) groups excluding carboxylic acids is 2. The molecule has 0 aliphatic carbocycles. The van der Waals surface area contributed by atoms with Crippen molar-refractivity contribution in [2.45, 2.75) is 45.8 Å². The van der Waals surface area contributed by atoms with Crippen LogP contribution in [0.15, 0.2) is 53.1 Å². The maximum Gasteiger partial charge on any atom is 0.308 e. The molecule has 1 aliphatic rings. The van der Waals surface area contributed by atoms with Crippen molar-refractivity contribution in [3.8, 4) is 11.1 Å². The lowest BCUT2D eigenvalue weighted by Crippen LogP contribution is -2.31. The van der Waals surface area contributed by atoms with Gasteiger partial charge in [-0.2, -0.15) is 0 Å². The third kappa shape index (κ3) is 4.64. The maximum atomic E-state index is 13.1. The molecule has 0 saturated heterocycles. The third-order valence-electron chi connectivity index (χ3n) is 5.13. The molecule has 0 spiro atoms. The fourth-order valence-corrected chi connectivity index (χ4v) is 3.78. The summed E-state index contributed by atoms with van der Waals surface area (Å²) in [7, 11) is 0. The largest absolute Gasteiger partial charge is 0.460 e. The number of esters is 1. The van der Waals surface area contributed by atoms with Crippen molar-refractivity contribution >= 4 is 24.0 Å². The molecule has 6 nitrogen and oxygen atoms in total. The molecule has 1 aromatic heterocycles. The molecule has 164 valence electrons. The smallest absolute Gasteiger partial charge is 0.308 e. The number of ether oxygens (including phenoxy) is 1. The highest BCUT2D eigenvalue weighted by Gasteiger charge is 2.34.